The largest absolute Gasteiger partial charge is 0.467 e. The van der Waals surface area contributed by atoms with Crippen molar-refractivity contribution in [3.8, 4) is 0 Å². The van der Waals surface area contributed by atoms with Gasteiger partial charge in [0.05, 0.1) is 17.6 Å². The Bertz CT molecular complexity index is 746. The zero-order valence-corrected chi connectivity index (χ0v) is 12.4. The first-order chi connectivity index (χ1) is 10.7. The summed E-state index contributed by atoms with van der Waals surface area (Å²) in [4.78, 5) is 12.7. The number of furan rings is 1. The number of ketones is 1. The second kappa shape index (κ2) is 5.05. The Morgan fingerprint density at radius 2 is 1.91 bits per heavy atom. The third kappa shape index (κ3) is 2.11. The lowest BCUT2D eigenvalue weighted by molar-refractivity contribution is -0.117. The molecule has 0 bridgehead atoms. The molecule has 2 N–H and O–H groups in total. The summed E-state index contributed by atoms with van der Waals surface area (Å²) in [7, 11) is 0. The molecule has 112 valence electrons. The molecular formula is C18H18N2O2. The molecule has 0 fully saturated rings. The maximum Gasteiger partial charge on any atom is 0.163 e. The molecule has 1 aliphatic heterocycles. The monoisotopic (exact) mass is 294 g/mol. The Labute approximate surface area is 129 Å². The summed E-state index contributed by atoms with van der Waals surface area (Å²) in [6, 6.07) is 11.6. The van der Waals surface area contributed by atoms with Crippen LogP contribution in [0.25, 0.3) is 0 Å². The van der Waals surface area contributed by atoms with E-state index in [0.29, 0.717) is 12.3 Å². The molecule has 4 heteroatoms. The van der Waals surface area contributed by atoms with Crippen LogP contribution in [0.1, 0.15) is 31.6 Å². The van der Waals surface area contributed by atoms with Gasteiger partial charge in [-0.05, 0) is 36.6 Å². The van der Waals surface area contributed by atoms with Gasteiger partial charge in [-0.25, -0.2) is 0 Å². The van der Waals surface area contributed by atoms with E-state index in [1.807, 2.05) is 36.4 Å². The molecule has 1 aliphatic carbocycles. The minimum absolute atomic E-state index is 0.197. The van der Waals surface area contributed by atoms with Crippen molar-refractivity contribution in [3.05, 3.63) is 59.7 Å². The molecule has 1 aromatic carbocycles. The van der Waals surface area contributed by atoms with Crippen molar-refractivity contribution in [3.63, 3.8) is 0 Å². The van der Waals surface area contributed by atoms with E-state index in [1.165, 1.54) is 0 Å². The predicted molar refractivity (Wildman–Crippen MR) is 85.6 cm³/mol. The molecule has 2 atom stereocenters. The molecule has 0 spiro atoms. The van der Waals surface area contributed by atoms with Gasteiger partial charge in [-0.1, -0.05) is 19.1 Å². The lowest BCUT2D eigenvalue weighted by Crippen LogP contribution is -2.26. The summed E-state index contributed by atoms with van der Waals surface area (Å²) in [6.45, 7) is 2.12. The average Bonchev–Trinajstić information content (AvgIpc) is 2.95. The Morgan fingerprint density at radius 3 is 2.68 bits per heavy atom. The van der Waals surface area contributed by atoms with Crippen LogP contribution in [-0.4, -0.2) is 5.78 Å². The molecule has 1 aromatic heterocycles. The summed E-state index contributed by atoms with van der Waals surface area (Å²) < 4.78 is 5.59. The van der Waals surface area contributed by atoms with E-state index in [4.69, 9.17) is 4.42 Å². The minimum Gasteiger partial charge on any atom is -0.467 e. The fourth-order valence-corrected chi connectivity index (χ4v) is 3.36. The van der Waals surface area contributed by atoms with Gasteiger partial charge in [0.1, 0.15) is 11.8 Å². The van der Waals surface area contributed by atoms with Crippen molar-refractivity contribution in [1.29, 1.82) is 0 Å². The maximum atomic E-state index is 12.7. The van der Waals surface area contributed by atoms with Crippen LogP contribution in [-0.2, 0) is 4.79 Å². The van der Waals surface area contributed by atoms with Crippen LogP contribution >= 0.6 is 0 Å². The first-order valence-electron chi connectivity index (χ1n) is 7.64. The van der Waals surface area contributed by atoms with Gasteiger partial charge in [0.2, 0.25) is 0 Å². The average molecular weight is 294 g/mol. The fraction of sp³-hybridized carbons (Fsp3) is 0.278. The second-order valence-electron chi connectivity index (χ2n) is 6.09. The van der Waals surface area contributed by atoms with Crippen LogP contribution in [0.3, 0.4) is 0 Å². The van der Waals surface area contributed by atoms with Gasteiger partial charge >= 0.3 is 0 Å². The third-order valence-corrected chi connectivity index (χ3v) is 4.34. The molecule has 2 heterocycles. The van der Waals surface area contributed by atoms with Crippen molar-refractivity contribution < 1.29 is 9.21 Å². The van der Waals surface area contributed by atoms with Crippen LogP contribution in [0.4, 0.5) is 11.4 Å². The third-order valence-electron chi connectivity index (χ3n) is 4.34. The van der Waals surface area contributed by atoms with Crippen LogP contribution < -0.4 is 10.6 Å². The molecule has 0 saturated carbocycles. The highest BCUT2D eigenvalue weighted by molar-refractivity contribution is 6.00. The number of carbonyl (C=O) groups excluding carboxylic acids is 1. The summed E-state index contributed by atoms with van der Waals surface area (Å²) in [5.74, 6) is 1.33. The summed E-state index contributed by atoms with van der Waals surface area (Å²) in [5.41, 5.74) is 3.82. The van der Waals surface area contributed by atoms with E-state index < -0.39 is 0 Å². The number of allylic oxidation sites excluding steroid dienone is 1. The van der Waals surface area contributed by atoms with Crippen LogP contribution in [0.5, 0.6) is 0 Å². The van der Waals surface area contributed by atoms with Gasteiger partial charge < -0.3 is 15.1 Å². The number of benzene rings is 1. The SMILES string of the molecule is C[C@H]1CC(=O)C2=C(C1)Nc1ccccc1N[C@H]2c1ccco1. The number of hydrogen-bond acceptors (Lipinski definition) is 4. The molecule has 22 heavy (non-hydrogen) atoms. The van der Waals surface area contributed by atoms with Gasteiger partial charge in [-0.3, -0.25) is 4.79 Å². The van der Waals surface area contributed by atoms with E-state index in [0.717, 1.165) is 34.8 Å². The van der Waals surface area contributed by atoms with E-state index >= 15 is 0 Å². The number of carbonyl (C=O) groups is 1. The normalized spacial score (nSPS) is 24.0. The zero-order chi connectivity index (χ0) is 15.1. The minimum atomic E-state index is -0.235. The van der Waals surface area contributed by atoms with E-state index in [1.54, 1.807) is 6.26 Å². The fourth-order valence-electron chi connectivity index (χ4n) is 3.36. The van der Waals surface area contributed by atoms with Crippen molar-refractivity contribution in [2.24, 2.45) is 5.92 Å². The zero-order valence-electron chi connectivity index (χ0n) is 12.4. The van der Waals surface area contributed by atoms with Crippen LogP contribution in [0.15, 0.2) is 58.3 Å². The van der Waals surface area contributed by atoms with Gasteiger partial charge in [-0.2, -0.15) is 0 Å². The van der Waals surface area contributed by atoms with Gasteiger partial charge in [0, 0.05) is 17.7 Å². The van der Waals surface area contributed by atoms with Gasteiger partial charge in [0.25, 0.3) is 0 Å². The summed E-state index contributed by atoms with van der Waals surface area (Å²) in [6.07, 6.45) is 3.13. The van der Waals surface area contributed by atoms with Crippen molar-refractivity contribution in [1.82, 2.24) is 0 Å². The molecule has 0 amide bonds. The van der Waals surface area contributed by atoms with Crippen molar-refractivity contribution in [2.45, 2.75) is 25.8 Å². The van der Waals surface area contributed by atoms with Crippen LogP contribution in [0.2, 0.25) is 0 Å². The lowest BCUT2D eigenvalue weighted by Gasteiger charge is -2.26. The topological polar surface area (TPSA) is 54.3 Å². The molecule has 4 rings (SSSR count). The summed E-state index contributed by atoms with van der Waals surface area (Å²) in [5, 5.41) is 6.94. The Hall–Kier alpha value is -2.49. The first kappa shape index (κ1) is 13.2. The Morgan fingerprint density at radius 1 is 1.09 bits per heavy atom. The number of rotatable bonds is 1. The quantitative estimate of drug-likeness (QED) is 0.831. The number of Topliss-reactive ketones (excluding diaryl/α,β-unsaturated/α-hetero) is 1. The predicted octanol–water partition coefficient (Wildman–Crippen LogP) is 4.11. The molecular weight excluding hydrogens is 276 g/mol. The van der Waals surface area contributed by atoms with Gasteiger partial charge in [-0.15, -0.1) is 0 Å². The van der Waals surface area contributed by atoms with Gasteiger partial charge in [0.15, 0.2) is 5.78 Å². The standard InChI is InChI=1S/C18H18N2O2/c1-11-9-14-17(15(21)10-11)18(16-7-4-8-22-16)20-13-6-3-2-5-12(13)19-14/h2-8,11,18-20H,9-10H2,1H3/t11-,18+/m1/s1. The van der Waals surface area contributed by atoms with E-state index in [9.17, 15) is 4.79 Å². The summed E-state index contributed by atoms with van der Waals surface area (Å²) >= 11 is 0. The number of nitrogens with one attached hydrogen (secondary N) is 2. The highest BCUT2D eigenvalue weighted by Crippen LogP contribution is 2.41. The smallest absolute Gasteiger partial charge is 0.163 e. The first-order valence-corrected chi connectivity index (χ1v) is 7.64. The molecule has 0 unspecified atom stereocenters. The van der Waals surface area contributed by atoms with Crippen molar-refractivity contribution >= 4 is 17.2 Å². The highest BCUT2D eigenvalue weighted by atomic mass is 16.3. The molecule has 4 nitrogen and oxygen atoms in total. The Balaban J connectivity index is 1.88. The van der Waals surface area contributed by atoms with E-state index in [-0.39, 0.29) is 11.8 Å². The van der Waals surface area contributed by atoms with Crippen LogP contribution in [0, 0.1) is 5.92 Å². The Kier molecular flexibility index (Phi) is 3.03. The second-order valence-corrected chi connectivity index (χ2v) is 6.09. The molecule has 0 saturated heterocycles. The molecule has 2 aliphatic rings. The highest BCUT2D eigenvalue weighted by Gasteiger charge is 2.35. The number of hydrogen-bond donors (Lipinski definition) is 2. The molecule has 2 aromatic rings. The lowest BCUT2D eigenvalue weighted by atomic mass is 9.83. The molecule has 0 radical (unpaired) electrons. The van der Waals surface area contributed by atoms with E-state index in [2.05, 4.69) is 17.6 Å². The number of para-hydroxylation sites is 2. The maximum absolute atomic E-state index is 12.7. The number of fused-ring (bicyclic) bond motifs is 1. The number of anilines is 2. The van der Waals surface area contributed by atoms with Crippen molar-refractivity contribution in [2.75, 3.05) is 10.6 Å².